The second kappa shape index (κ2) is 6.10. The van der Waals surface area contributed by atoms with Crippen LogP contribution < -0.4 is 5.32 Å². The molecule has 2 aromatic rings. The van der Waals surface area contributed by atoms with E-state index in [1.165, 1.54) is 11.3 Å². The Bertz CT molecular complexity index is 567. The summed E-state index contributed by atoms with van der Waals surface area (Å²) >= 11 is 7.07. The molecule has 0 aliphatic carbocycles. The minimum absolute atomic E-state index is 0.0552. The molecule has 5 nitrogen and oxygen atoms in total. The predicted octanol–water partition coefficient (Wildman–Crippen LogP) is 2.68. The first-order valence-electron chi connectivity index (χ1n) is 5.57. The molecule has 0 aromatic carbocycles. The number of carbonyl (C=O) groups is 1. The van der Waals surface area contributed by atoms with E-state index in [4.69, 9.17) is 11.6 Å². The maximum absolute atomic E-state index is 11.8. The molecule has 0 fully saturated rings. The summed E-state index contributed by atoms with van der Waals surface area (Å²) in [5.74, 6) is 0.699. The molecule has 0 radical (unpaired) electrons. The van der Waals surface area contributed by atoms with Gasteiger partial charge in [-0.05, 0) is 26.2 Å². The zero-order valence-electron chi connectivity index (χ0n) is 10.6. The van der Waals surface area contributed by atoms with Gasteiger partial charge in [-0.25, -0.2) is 9.97 Å². The summed E-state index contributed by atoms with van der Waals surface area (Å²) in [4.78, 5) is 22.6. The molecule has 0 unspecified atom stereocenters. The lowest BCUT2D eigenvalue weighted by atomic mass is 10.3. The van der Waals surface area contributed by atoms with E-state index in [2.05, 4.69) is 15.3 Å². The van der Waals surface area contributed by atoms with Crippen LogP contribution in [0, 0.1) is 0 Å². The number of pyridine rings is 1. The molecule has 0 saturated heterocycles. The Balaban J connectivity index is 2.05. The second-order valence-corrected chi connectivity index (χ2v) is 5.64. The summed E-state index contributed by atoms with van der Waals surface area (Å²) < 4.78 is 0. The minimum Gasteiger partial charge on any atom is -0.316 e. The van der Waals surface area contributed by atoms with E-state index in [-0.39, 0.29) is 5.78 Å². The predicted molar refractivity (Wildman–Crippen MR) is 77.5 cm³/mol. The van der Waals surface area contributed by atoms with Gasteiger partial charge >= 0.3 is 0 Å². The van der Waals surface area contributed by atoms with Crippen LogP contribution >= 0.6 is 22.9 Å². The fraction of sp³-hybridized carbons (Fsp3) is 0.250. The largest absolute Gasteiger partial charge is 0.316 e. The van der Waals surface area contributed by atoms with Crippen molar-refractivity contribution in [1.82, 2.24) is 14.9 Å². The SMILES string of the molecule is CN(C)CC(=O)c1cnc(Nc2ccc(Cl)cn2)s1. The first kappa shape index (κ1) is 13.9. The third kappa shape index (κ3) is 3.99. The minimum atomic E-state index is 0.0552. The summed E-state index contributed by atoms with van der Waals surface area (Å²) in [6, 6.07) is 3.49. The van der Waals surface area contributed by atoms with Gasteiger partial charge in [0.2, 0.25) is 0 Å². The van der Waals surface area contributed by atoms with Crippen molar-refractivity contribution >= 4 is 39.7 Å². The summed E-state index contributed by atoms with van der Waals surface area (Å²) in [5, 5.41) is 4.24. The number of nitrogens with one attached hydrogen (secondary N) is 1. The van der Waals surface area contributed by atoms with Gasteiger partial charge in [-0.1, -0.05) is 22.9 Å². The maximum atomic E-state index is 11.8. The monoisotopic (exact) mass is 296 g/mol. The lowest BCUT2D eigenvalue weighted by Gasteiger charge is -2.05. The Morgan fingerprint density at radius 3 is 2.79 bits per heavy atom. The third-order valence-corrected chi connectivity index (χ3v) is 3.38. The summed E-state index contributed by atoms with van der Waals surface area (Å²) in [6.07, 6.45) is 3.13. The number of halogens is 1. The number of hydrogen-bond acceptors (Lipinski definition) is 6. The summed E-state index contributed by atoms with van der Waals surface area (Å²) in [6.45, 7) is 0.376. The Kier molecular flexibility index (Phi) is 4.47. The van der Waals surface area contributed by atoms with Crippen molar-refractivity contribution in [2.24, 2.45) is 0 Å². The van der Waals surface area contributed by atoms with E-state index in [0.717, 1.165) is 0 Å². The highest BCUT2D eigenvalue weighted by Crippen LogP contribution is 2.22. The Labute approximate surface area is 120 Å². The molecule has 7 heteroatoms. The van der Waals surface area contributed by atoms with Crippen LogP contribution in [-0.2, 0) is 0 Å². The number of hydrogen-bond donors (Lipinski definition) is 1. The van der Waals surface area contributed by atoms with Crippen LogP contribution in [-0.4, -0.2) is 41.3 Å². The normalized spacial score (nSPS) is 10.7. The number of ketones is 1. The average molecular weight is 297 g/mol. The highest BCUT2D eigenvalue weighted by Gasteiger charge is 2.11. The maximum Gasteiger partial charge on any atom is 0.188 e. The van der Waals surface area contributed by atoms with Crippen LogP contribution in [0.3, 0.4) is 0 Å². The van der Waals surface area contributed by atoms with Crippen LogP contribution in [0.2, 0.25) is 5.02 Å². The molecule has 19 heavy (non-hydrogen) atoms. The van der Waals surface area contributed by atoms with Crippen LogP contribution in [0.15, 0.2) is 24.5 Å². The molecule has 0 atom stereocenters. The Hall–Kier alpha value is -1.50. The number of thiazole rings is 1. The topological polar surface area (TPSA) is 58.1 Å². The quantitative estimate of drug-likeness (QED) is 0.860. The number of carbonyl (C=O) groups excluding carboxylic acids is 1. The van der Waals surface area contributed by atoms with Crippen molar-refractivity contribution in [2.45, 2.75) is 0 Å². The number of rotatable bonds is 5. The number of Topliss-reactive ketones (excluding diaryl/α,β-unsaturated/α-hetero) is 1. The van der Waals surface area contributed by atoms with Crippen molar-refractivity contribution in [3.8, 4) is 0 Å². The molecule has 0 aliphatic rings. The molecule has 2 aromatic heterocycles. The highest BCUT2D eigenvalue weighted by atomic mass is 35.5. The fourth-order valence-corrected chi connectivity index (χ4v) is 2.25. The lowest BCUT2D eigenvalue weighted by molar-refractivity contribution is 0.0961. The van der Waals surface area contributed by atoms with Crippen LogP contribution in [0.25, 0.3) is 0 Å². The molecule has 0 amide bonds. The highest BCUT2D eigenvalue weighted by molar-refractivity contribution is 7.17. The van der Waals surface area contributed by atoms with Gasteiger partial charge in [0.15, 0.2) is 10.9 Å². The van der Waals surface area contributed by atoms with Crippen molar-refractivity contribution in [3.05, 3.63) is 34.4 Å². The number of aromatic nitrogens is 2. The molecule has 100 valence electrons. The van der Waals surface area contributed by atoms with Crippen molar-refractivity contribution in [2.75, 3.05) is 26.0 Å². The van der Waals surface area contributed by atoms with E-state index in [0.29, 0.717) is 27.4 Å². The molecule has 0 aliphatic heterocycles. The van der Waals surface area contributed by atoms with Gasteiger partial charge in [0.25, 0.3) is 0 Å². The van der Waals surface area contributed by atoms with E-state index in [9.17, 15) is 4.79 Å². The smallest absolute Gasteiger partial charge is 0.188 e. The first-order chi connectivity index (χ1) is 9.04. The van der Waals surface area contributed by atoms with E-state index >= 15 is 0 Å². The van der Waals surface area contributed by atoms with Crippen LogP contribution in [0.1, 0.15) is 9.67 Å². The number of nitrogens with zero attached hydrogens (tertiary/aromatic N) is 3. The van der Waals surface area contributed by atoms with Gasteiger partial charge in [0.1, 0.15) is 5.82 Å². The molecule has 2 rings (SSSR count). The molecular formula is C12H13ClN4OS. The molecular weight excluding hydrogens is 284 g/mol. The summed E-state index contributed by atoms with van der Waals surface area (Å²) in [5.41, 5.74) is 0. The van der Waals surface area contributed by atoms with Crippen molar-refractivity contribution in [1.29, 1.82) is 0 Å². The fourth-order valence-electron chi connectivity index (χ4n) is 1.39. The van der Waals surface area contributed by atoms with Crippen molar-refractivity contribution in [3.63, 3.8) is 0 Å². The van der Waals surface area contributed by atoms with E-state index in [1.807, 2.05) is 19.0 Å². The first-order valence-corrected chi connectivity index (χ1v) is 6.76. The molecule has 0 spiro atoms. The van der Waals surface area contributed by atoms with Gasteiger partial charge in [-0.15, -0.1) is 0 Å². The molecule has 0 saturated carbocycles. The molecule has 2 heterocycles. The standard InChI is InChI=1S/C12H13ClN4OS/c1-17(2)7-9(18)10-6-15-12(19-10)16-11-4-3-8(13)5-14-11/h3-6H,7H2,1-2H3,(H,14,15,16). The lowest BCUT2D eigenvalue weighted by Crippen LogP contribution is -2.20. The van der Waals surface area contributed by atoms with Gasteiger partial charge < -0.3 is 10.2 Å². The Morgan fingerprint density at radius 1 is 1.37 bits per heavy atom. The second-order valence-electron chi connectivity index (χ2n) is 4.18. The molecule has 1 N–H and O–H groups in total. The van der Waals surface area contributed by atoms with Gasteiger partial charge in [-0.2, -0.15) is 0 Å². The van der Waals surface area contributed by atoms with Gasteiger partial charge in [-0.3, -0.25) is 4.79 Å². The van der Waals surface area contributed by atoms with Gasteiger partial charge in [0.05, 0.1) is 22.6 Å². The molecule has 0 bridgehead atoms. The Morgan fingerprint density at radius 2 is 2.16 bits per heavy atom. The van der Waals surface area contributed by atoms with Crippen LogP contribution in [0.4, 0.5) is 10.9 Å². The zero-order valence-corrected chi connectivity index (χ0v) is 12.1. The average Bonchev–Trinajstić information content (AvgIpc) is 2.80. The number of anilines is 2. The third-order valence-electron chi connectivity index (χ3n) is 2.20. The zero-order chi connectivity index (χ0) is 13.8. The van der Waals surface area contributed by atoms with Crippen molar-refractivity contribution < 1.29 is 4.79 Å². The van der Waals surface area contributed by atoms with E-state index < -0.39 is 0 Å². The van der Waals surface area contributed by atoms with E-state index in [1.54, 1.807) is 24.5 Å². The summed E-state index contributed by atoms with van der Waals surface area (Å²) in [7, 11) is 3.71. The van der Waals surface area contributed by atoms with Crippen LogP contribution in [0.5, 0.6) is 0 Å². The van der Waals surface area contributed by atoms with Gasteiger partial charge in [0, 0.05) is 6.20 Å². The number of likely N-dealkylation sites (N-methyl/N-ethyl adjacent to an activating group) is 1.